The lowest BCUT2D eigenvalue weighted by atomic mass is 10.1. The molecule has 25 heavy (non-hydrogen) atoms. The lowest BCUT2D eigenvalue weighted by molar-refractivity contribution is -0.192. The molecule has 1 aromatic carbocycles. The van der Waals surface area contributed by atoms with Crippen LogP contribution >= 0.6 is 0 Å². The molecule has 140 valence electrons. The molecule has 0 aliphatic rings. The number of nitrogens with zero attached hydrogens (tertiary/aromatic N) is 1. The van der Waals surface area contributed by atoms with Crippen LogP contribution in [0.25, 0.3) is 0 Å². The summed E-state index contributed by atoms with van der Waals surface area (Å²) in [7, 11) is -2.44. The standard InChI is InChI=1S/C10H13N3O4S.C2HF3O2/c1-13(18(2,16)17)8-6(9(11)14)4-3-5-7(8)10(12)15;3-2(4,5)1(6)7/h3-5H,1-2H3,(H2,11,14)(H2,12,15);(H,6,7). The zero-order valence-corrected chi connectivity index (χ0v) is 13.7. The van der Waals surface area contributed by atoms with Crippen LogP contribution in [0.2, 0.25) is 0 Å². The second-order valence-electron chi connectivity index (χ2n) is 4.46. The molecule has 1 rings (SSSR count). The average Bonchev–Trinajstić information content (AvgIpc) is 2.44. The molecular weight excluding hydrogens is 371 g/mol. The highest BCUT2D eigenvalue weighted by Crippen LogP contribution is 2.26. The van der Waals surface area contributed by atoms with Gasteiger partial charge in [-0.2, -0.15) is 13.2 Å². The third-order valence-electron chi connectivity index (χ3n) is 2.62. The fraction of sp³-hybridized carbons (Fsp3) is 0.250. The summed E-state index contributed by atoms with van der Waals surface area (Å²) in [5.41, 5.74) is 10.0. The van der Waals surface area contributed by atoms with Crippen LogP contribution in [0.4, 0.5) is 18.9 Å². The molecule has 9 nitrogen and oxygen atoms in total. The fourth-order valence-electron chi connectivity index (χ4n) is 1.45. The first-order chi connectivity index (χ1) is 11.1. The van der Waals surface area contributed by atoms with Crippen molar-refractivity contribution < 1.29 is 41.1 Å². The van der Waals surface area contributed by atoms with Crippen LogP contribution in [0.3, 0.4) is 0 Å². The topological polar surface area (TPSA) is 161 Å². The summed E-state index contributed by atoms with van der Waals surface area (Å²) >= 11 is 0. The van der Waals surface area contributed by atoms with Gasteiger partial charge in [0.2, 0.25) is 10.0 Å². The van der Waals surface area contributed by atoms with E-state index >= 15 is 0 Å². The van der Waals surface area contributed by atoms with E-state index in [0.29, 0.717) is 0 Å². The molecule has 5 N–H and O–H groups in total. The number of rotatable bonds is 4. The van der Waals surface area contributed by atoms with Gasteiger partial charge < -0.3 is 16.6 Å². The first-order valence-electron chi connectivity index (χ1n) is 6.07. The van der Waals surface area contributed by atoms with Crippen LogP contribution in [0, 0.1) is 0 Å². The van der Waals surface area contributed by atoms with Crippen molar-refractivity contribution in [2.45, 2.75) is 6.18 Å². The van der Waals surface area contributed by atoms with Crippen molar-refractivity contribution in [3.05, 3.63) is 29.3 Å². The molecule has 0 saturated heterocycles. The molecule has 0 bridgehead atoms. The van der Waals surface area contributed by atoms with E-state index in [9.17, 15) is 31.2 Å². The monoisotopic (exact) mass is 385 g/mol. The molecule has 0 aliphatic heterocycles. The summed E-state index contributed by atoms with van der Waals surface area (Å²) in [4.78, 5) is 31.4. The summed E-state index contributed by atoms with van der Waals surface area (Å²) < 4.78 is 55.5. The summed E-state index contributed by atoms with van der Waals surface area (Å²) in [6, 6.07) is 4.05. The summed E-state index contributed by atoms with van der Waals surface area (Å²) in [6.45, 7) is 0. The van der Waals surface area contributed by atoms with Gasteiger partial charge in [0, 0.05) is 7.05 Å². The van der Waals surface area contributed by atoms with Crippen LogP contribution in [-0.4, -0.2) is 50.8 Å². The lowest BCUT2D eigenvalue weighted by Gasteiger charge is -2.21. The minimum atomic E-state index is -5.08. The van der Waals surface area contributed by atoms with E-state index in [0.717, 1.165) is 10.6 Å². The highest BCUT2D eigenvalue weighted by Gasteiger charge is 2.38. The van der Waals surface area contributed by atoms with Gasteiger partial charge in [-0.25, -0.2) is 13.2 Å². The molecule has 0 spiro atoms. The Morgan fingerprint density at radius 3 is 1.60 bits per heavy atom. The number of hydrogen-bond donors (Lipinski definition) is 3. The molecule has 0 heterocycles. The normalized spacial score (nSPS) is 11.1. The van der Waals surface area contributed by atoms with Crippen molar-refractivity contribution in [3.8, 4) is 0 Å². The summed E-state index contributed by atoms with van der Waals surface area (Å²) in [5.74, 6) is -4.44. The fourth-order valence-corrected chi connectivity index (χ4v) is 1.97. The van der Waals surface area contributed by atoms with Crippen LogP contribution in [0.1, 0.15) is 20.7 Å². The molecule has 0 aromatic heterocycles. The number of benzene rings is 1. The van der Waals surface area contributed by atoms with Gasteiger partial charge in [0.1, 0.15) is 0 Å². The van der Waals surface area contributed by atoms with Crippen molar-refractivity contribution in [1.29, 1.82) is 0 Å². The van der Waals surface area contributed by atoms with Crippen molar-refractivity contribution in [2.24, 2.45) is 11.5 Å². The first-order valence-corrected chi connectivity index (χ1v) is 7.92. The predicted octanol–water partition coefficient (Wildman–Crippen LogP) is -0.0865. The SMILES string of the molecule is CN(c1c(C(N)=O)cccc1C(N)=O)S(C)(=O)=O.O=C(O)C(F)(F)F. The molecule has 0 aliphatic carbocycles. The van der Waals surface area contributed by atoms with Crippen LogP contribution in [0.15, 0.2) is 18.2 Å². The van der Waals surface area contributed by atoms with E-state index in [-0.39, 0.29) is 16.8 Å². The Labute approximate surface area is 140 Å². The van der Waals surface area contributed by atoms with E-state index < -0.39 is 34.0 Å². The number of carboxylic acids is 1. The highest BCUT2D eigenvalue weighted by molar-refractivity contribution is 7.92. The van der Waals surface area contributed by atoms with E-state index in [4.69, 9.17) is 21.4 Å². The second kappa shape index (κ2) is 7.83. The number of hydrogen-bond acceptors (Lipinski definition) is 5. The zero-order valence-electron chi connectivity index (χ0n) is 12.9. The van der Waals surface area contributed by atoms with E-state index in [1.54, 1.807) is 0 Å². The van der Waals surface area contributed by atoms with Gasteiger partial charge in [-0.1, -0.05) is 6.07 Å². The van der Waals surface area contributed by atoms with Gasteiger partial charge in [-0.15, -0.1) is 0 Å². The highest BCUT2D eigenvalue weighted by atomic mass is 32.2. The number of alkyl halides is 3. The number of carboxylic acid groups (broad SMARTS) is 1. The second-order valence-corrected chi connectivity index (χ2v) is 6.48. The Morgan fingerprint density at radius 2 is 1.40 bits per heavy atom. The van der Waals surface area contributed by atoms with Crippen molar-refractivity contribution in [2.75, 3.05) is 17.6 Å². The minimum absolute atomic E-state index is 0.0841. The smallest absolute Gasteiger partial charge is 0.475 e. The van der Waals surface area contributed by atoms with Gasteiger partial charge in [0.25, 0.3) is 11.8 Å². The Balaban J connectivity index is 0.000000697. The molecule has 13 heteroatoms. The number of amides is 2. The molecule has 0 unspecified atom stereocenters. The van der Waals surface area contributed by atoms with E-state index in [2.05, 4.69) is 0 Å². The third kappa shape index (κ3) is 6.29. The number of para-hydroxylation sites is 1. The molecular formula is C12H14F3N3O6S. The molecule has 0 radical (unpaired) electrons. The van der Waals surface area contributed by atoms with Crippen LogP contribution in [-0.2, 0) is 14.8 Å². The number of carbonyl (C=O) groups is 3. The molecule has 2 amide bonds. The predicted molar refractivity (Wildman–Crippen MR) is 80.4 cm³/mol. The number of carbonyl (C=O) groups excluding carboxylic acids is 2. The van der Waals surface area contributed by atoms with Gasteiger partial charge in [0.05, 0.1) is 23.1 Å². The van der Waals surface area contributed by atoms with E-state index in [1.807, 2.05) is 0 Å². The first kappa shape index (κ1) is 22.2. The van der Waals surface area contributed by atoms with E-state index in [1.165, 1.54) is 25.2 Å². The Morgan fingerprint density at radius 1 is 1.08 bits per heavy atom. The largest absolute Gasteiger partial charge is 0.490 e. The van der Waals surface area contributed by atoms with Crippen LogP contribution in [0.5, 0.6) is 0 Å². The maximum atomic E-state index is 11.5. The Hall–Kier alpha value is -2.83. The Kier molecular flexibility index (Phi) is 6.94. The minimum Gasteiger partial charge on any atom is -0.475 e. The van der Waals surface area contributed by atoms with Crippen molar-refractivity contribution >= 4 is 33.5 Å². The van der Waals surface area contributed by atoms with Crippen molar-refractivity contribution in [1.82, 2.24) is 0 Å². The number of aliphatic carboxylic acids is 1. The summed E-state index contributed by atoms with van der Waals surface area (Å²) in [6.07, 6.45) is -4.14. The number of primary amides is 2. The van der Waals surface area contributed by atoms with Crippen LogP contribution < -0.4 is 15.8 Å². The van der Waals surface area contributed by atoms with Crippen molar-refractivity contribution in [3.63, 3.8) is 0 Å². The number of halogens is 3. The quantitative estimate of drug-likeness (QED) is 0.656. The molecule has 1 aromatic rings. The maximum Gasteiger partial charge on any atom is 0.490 e. The molecule has 0 fully saturated rings. The van der Waals surface area contributed by atoms with Gasteiger partial charge in [-0.3, -0.25) is 13.9 Å². The third-order valence-corrected chi connectivity index (χ3v) is 3.80. The molecule has 0 atom stereocenters. The number of nitrogens with two attached hydrogens (primary N) is 2. The number of sulfonamides is 1. The number of anilines is 1. The van der Waals surface area contributed by atoms with Gasteiger partial charge >= 0.3 is 12.1 Å². The van der Waals surface area contributed by atoms with Gasteiger partial charge in [-0.05, 0) is 12.1 Å². The summed E-state index contributed by atoms with van der Waals surface area (Å²) in [5, 5.41) is 7.12. The lowest BCUT2D eigenvalue weighted by Crippen LogP contribution is -2.30. The average molecular weight is 385 g/mol. The maximum absolute atomic E-state index is 11.5. The zero-order chi connectivity index (χ0) is 20.2. The molecule has 0 saturated carbocycles. The van der Waals surface area contributed by atoms with Gasteiger partial charge in [0.15, 0.2) is 0 Å². The Bertz CT molecular complexity index is 760.